The third-order valence-electron chi connectivity index (χ3n) is 3.22. The normalized spacial score (nSPS) is 11.5. The number of benzene rings is 1. The second-order valence-corrected chi connectivity index (χ2v) is 12.7. The Morgan fingerprint density at radius 3 is 2.58 bits per heavy atom. The number of furan rings is 1. The lowest BCUT2D eigenvalue weighted by molar-refractivity contribution is -0.116. The van der Waals surface area contributed by atoms with E-state index in [0.29, 0.717) is 28.5 Å². The Morgan fingerprint density at radius 2 is 2.00 bits per heavy atom. The minimum Gasteiger partial charge on any atom is -0.538 e. The molecule has 0 radical (unpaired) electrons. The molecule has 2 N–H and O–H groups in total. The van der Waals surface area contributed by atoms with E-state index < -0.39 is 8.32 Å². The van der Waals surface area contributed by atoms with Gasteiger partial charge in [-0.15, -0.1) is 0 Å². The van der Waals surface area contributed by atoms with Crippen LogP contribution in [0.3, 0.4) is 0 Å². The van der Waals surface area contributed by atoms with Crippen LogP contribution in [0.25, 0.3) is 11.3 Å². The van der Waals surface area contributed by atoms with Crippen LogP contribution in [0.1, 0.15) is 12.8 Å². The maximum Gasteiger partial charge on any atom is 0.245 e. The highest BCUT2D eigenvalue weighted by Crippen LogP contribution is 2.47. The van der Waals surface area contributed by atoms with E-state index in [1.54, 1.807) is 18.2 Å². The molecule has 0 aliphatic heterocycles. The second-order valence-electron chi connectivity index (χ2n) is 6.62. The summed E-state index contributed by atoms with van der Waals surface area (Å²) in [5, 5.41) is 14.8. The van der Waals surface area contributed by atoms with Crippen molar-refractivity contribution in [3.05, 3.63) is 28.2 Å². The molecule has 0 aliphatic rings. The maximum absolute atomic E-state index is 12.1. The van der Waals surface area contributed by atoms with Gasteiger partial charge in [0.25, 0.3) is 0 Å². The van der Waals surface area contributed by atoms with Crippen LogP contribution in [0.2, 0.25) is 29.7 Å². The van der Waals surface area contributed by atoms with Gasteiger partial charge in [-0.1, -0.05) is 39.1 Å². The molecule has 0 saturated heterocycles. The third-order valence-corrected chi connectivity index (χ3v) is 5.34. The Morgan fingerprint density at radius 1 is 1.31 bits per heavy atom. The maximum atomic E-state index is 12.1. The number of anilines is 1. The Kier molecular flexibility index (Phi) is 7.07. The van der Waals surface area contributed by atoms with Crippen molar-refractivity contribution in [2.45, 2.75) is 32.5 Å². The molecule has 0 unspecified atom stereocenters. The van der Waals surface area contributed by atoms with Gasteiger partial charge in [-0.2, -0.15) is 0 Å². The molecule has 0 atom stereocenters. The summed E-state index contributed by atoms with van der Waals surface area (Å²) in [4.78, 5) is 12.1. The van der Waals surface area contributed by atoms with Gasteiger partial charge in [-0.25, -0.2) is 0 Å². The second kappa shape index (κ2) is 8.69. The zero-order valence-corrected chi connectivity index (χ0v) is 18.8. The smallest absolute Gasteiger partial charge is 0.245 e. The Labute approximate surface area is 171 Å². The lowest BCUT2D eigenvalue weighted by Crippen LogP contribution is -2.29. The van der Waals surface area contributed by atoms with Crippen molar-refractivity contribution in [1.29, 1.82) is 0 Å². The van der Waals surface area contributed by atoms with E-state index >= 15 is 0 Å². The van der Waals surface area contributed by atoms with Gasteiger partial charge in [0.15, 0.2) is 5.76 Å². The molecular formula is C17H20BrCl2NO4Si. The van der Waals surface area contributed by atoms with E-state index in [1.807, 2.05) is 19.6 Å². The first-order valence-electron chi connectivity index (χ1n) is 7.98. The minimum atomic E-state index is -2.07. The number of rotatable bonds is 7. The van der Waals surface area contributed by atoms with Gasteiger partial charge in [0.05, 0.1) is 10.0 Å². The number of alkyl halides is 1. The fourth-order valence-electron chi connectivity index (χ4n) is 2.14. The fourth-order valence-corrected chi connectivity index (χ4v) is 3.52. The molecule has 1 heterocycles. The van der Waals surface area contributed by atoms with Gasteiger partial charge in [0.1, 0.15) is 0 Å². The predicted molar refractivity (Wildman–Crippen MR) is 111 cm³/mol. The van der Waals surface area contributed by atoms with Gasteiger partial charge in [-0.3, -0.25) is 10.1 Å². The molecule has 9 heteroatoms. The highest BCUT2D eigenvalue weighted by Gasteiger charge is 2.28. The molecule has 5 nitrogen and oxygen atoms in total. The first kappa shape index (κ1) is 21.2. The lowest BCUT2D eigenvalue weighted by Gasteiger charge is -2.18. The molecule has 1 aromatic heterocycles. The van der Waals surface area contributed by atoms with Crippen LogP contribution in [-0.4, -0.2) is 24.7 Å². The van der Waals surface area contributed by atoms with Crippen molar-refractivity contribution in [3.8, 4) is 22.8 Å². The van der Waals surface area contributed by atoms with Crippen molar-refractivity contribution >= 4 is 59.2 Å². The third kappa shape index (κ3) is 5.42. The molecular weight excluding hydrogens is 461 g/mol. The summed E-state index contributed by atoms with van der Waals surface area (Å²) in [5.74, 6) is -0.0171. The summed E-state index contributed by atoms with van der Waals surface area (Å²) < 4.78 is 11.7. The Hall–Kier alpha value is -1.15. The molecule has 1 aromatic carbocycles. The summed E-state index contributed by atoms with van der Waals surface area (Å²) in [5.41, 5.74) is 0.526. The molecule has 0 spiro atoms. The van der Waals surface area contributed by atoms with Crippen LogP contribution in [0.5, 0.6) is 11.5 Å². The SMILES string of the molecule is C[Si](C)(C)Oc1c(NC(=O)CCCBr)oc(-c2ccc(Cl)c(Cl)c2)c1O. The van der Waals surface area contributed by atoms with Crippen molar-refractivity contribution in [3.63, 3.8) is 0 Å². The van der Waals surface area contributed by atoms with E-state index in [1.165, 1.54) is 0 Å². The largest absolute Gasteiger partial charge is 0.538 e. The van der Waals surface area contributed by atoms with Crippen LogP contribution in [-0.2, 0) is 4.79 Å². The minimum absolute atomic E-state index is 0.0885. The summed E-state index contributed by atoms with van der Waals surface area (Å²) in [6, 6.07) is 4.85. The average Bonchev–Trinajstić information content (AvgIpc) is 2.83. The summed E-state index contributed by atoms with van der Waals surface area (Å²) in [6.45, 7) is 5.90. The topological polar surface area (TPSA) is 71.7 Å². The van der Waals surface area contributed by atoms with E-state index in [-0.39, 0.29) is 29.1 Å². The van der Waals surface area contributed by atoms with Crippen LogP contribution in [0.15, 0.2) is 22.6 Å². The number of amides is 1. The quantitative estimate of drug-likeness (QED) is 0.361. The molecule has 1 amide bonds. The summed E-state index contributed by atoms with van der Waals surface area (Å²) in [7, 11) is -2.07. The molecule has 0 fully saturated rings. The number of nitrogens with one attached hydrogen (secondary N) is 1. The highest BCUT2D eigenvalue weighted by molar-refractivity contribution is 9.09. The number of hydrogen-bond donors (Lipinski definition) is 2. The Balaban J connectivity index is 2.45. The van der Waals surface area contributed by atoms with Crippen LogP contribution in [0, 0.1) is 0 Å². The molecule has 0 bridgehead atoms. The van der Waals surface area contributed by atoms with Crippen molar-refractivity contribution in [2.24, 2.45) is 0 Å². The van der Waals surface area contributed by atoms with Gasteiger partial charge in [-0.05, 0) is 44.3 Å². The van der Waals surface area contributed by atoms with Crippen LogP contribution < -0.4 is 9.74 Å². The summed E-state index contributed by atoms with van der Waals surface area (Å²) in [6.07, 6.45) is 1.00. The van der Waals surface area contributed by atoms with Crippen LogP contribution in [0.4, 0.5) is 5.88 Å². The van der Waals surface area contributed by atoms with Gasteiger partial charge < -0.3 is 13.9 Å². The molecule has 0 saturated carbocycles. The first-order valence-corrected chi connectivity index (χ1v) is 13.3. The van der Waals surface area contributed by atoms with E-state index in [2.05, 4.69) is 21.2 Å². The lowest BCUT2D eigenvalue weighted by atomic mass is 10.1. The highest BCUT2D eigenvalue weighted by atomic mass is 79.9. The van der Waals surface area contributed by atoms with E-state index in [4.69, 9.17) is 32.0 Å². The van der Waals surface area contributed by atoms with Crippen molar-refractivity contribution in [1.82, 2.24) is 0 Å². The van der Waals surface area contributed by atoms with Crippen molar-refractivity contribution in [2.75, 3.05) is 10.6 Å². The fraction of sp³-hybridized carbons (Fsp3) is 0.353. The number of carbonyl (C=O) groups is 1. The Bertz CT molecular complexity index is 805. The van der Waals surface area contributed by atoms with Crippen LogP contribution >= 0.6 is 39.1 Å². The van der Waals surface area contributed by atoms with Gasteiger partial charge >= 0.3 is 0 Å². The molecule has 142 valence electrons. The average molecular weight is 481 g/mol. The number of carbonyl (C=O) groups excluding carboxylic acids is 1. The molecule has 0 aliphatic carbocycles. The van der Waals surface area contributed by atoms with E-state index in [9.17, 15) is 9.90 Å². The summed E-state index contributed by atoms with van der Waals surface area (Å²) >= 11 is 15.3. The molecule has 26 heavy (non-hydrogen) atoms. The molecule has 2 aromatic rings. The zero-order valence-electron chi connectivity index (χ0n) is 14.7. The van der Waals surface area contributed by atoms with Crippen molar-refractivity contribution < 1.29 is 18.7 Å². The predicted octanol–water partition coefficient (Wildman–Crippen LogP) is 6.29. The monoisotopic (exact) mass is 479 g/mol. The number of aromatic hydroxyl groups is 1. The van der Waals surface area contributed by atoms with E-state index in [0.717, 1.165) is 5.33 Å². The number of hydrogen-bond acceptors (Lipinski definition) is 4. The first-order chi connectivity index (χ1) is 12.1. The van der Waals surface area contributed by atoms with Gasteiger partial charge in [0, 0.05) is 17.3 Å². The molecule has 2 rings (SSSR count). The number of halogens is 3. The standard InChI is InChI=1S/C17H20BrCl2NO4Si/c1-26(2,3)25-16-14(23)15(10-6-7-11(19)12(20)9-10)24-17(16)21-13(22)5-4-8-18/h6-7,9,23H,4-5,8H2,1-3H3,(H,21,22). The zero-order chi connectivity index (χ0) is 19.5. The van der Waals surface area contributed by atoms with Gasteiger partial charge in [0.2, 0.25) is 31.6 Å².